The van der Waals surface area contributed by atoms with Gasteiger partial charge in [0.1, 0.15) is 0 Å². The molecule has 3 nitrogen and oxygen atoms in total. The Bertz CT molecular complexity index is 276. The first-order valence-electron chi connectivity index (χ1n) is 5.63. The molecule has 0 saturated carbocycles. The van der Waals surface area contributed by atoms with Crippen molar-refractivity contribution >= 4 is 0 Å². The third kappa shape index (κ3) is 2.34. The molecule has 0 bridgehead atoms. The van der Waals surface area contributed by atoms with Crippen LogP contribution in [0.15, 0.2) is 0 Å². The molecule has 0 aliphatic rings. The fourth-order valence-electron chi connectivity index (χ4n) is 1.64. The van der Waals surface area contributed by atoms with Crippen LogP contribution >= 0.6 is 0 Å². The number of aryl methyl sites for hydroxylation is 1. The van der Waals surface area contributed by atoms with Crippen molar-refractivity contribution in [2.45, 2.75) is 59.4 Å². The number of rotatable bonds is 5. The molecule has 0 spiro atoms. The molecule has 0 aliphatic heterocycles. The fraction of sp³-hybridized carbons (Fsp3) is 0.818. The highest BCUT2D eigenvalue weighted by molar-refractivity contribution is 5.10. The van der Waals surface area contributed by atoms with E-state index < -0.39 is 0 Å². The van der Waals surface area contributed by atoms with Crippen molar-refractivity contribution in [2.24, 2.45) is 0 Å². The second kappa shape index (κ2) is 5.13. The van der Waals surface area contributed by atoms with Gasteiger partial charge in [-0.25, -0.2) is 4.68 Å². The minimum Gasteiger partial charge on any atom is -0.247 e. The monoisotopic (exact) mass is 195 g/mol. The molecule has 14 heavy (non-hydrogen) atoms. The molecule has 0 N–H and O–H groups in total. The molecule has 0 aromatic carbocycles. The van der Waals surface area contributed by atoms with E-state index >= 15 is 0 Å². The summed E-state index contributed by atoms with van der Waals surface area (Å²) in [6.45, 7) is 8.67. The summed E-state index contributed by atoms with van der Waals surface area (Å²) in [5.74, 6) is 0. The highest BCUT2D eigenvalue weighted by Crippen LogP contribution is 2.14. The summed E-state index contributed by atoms with van der Waals surface area (Å²) in [7, 11) is 0. The van der Waals surface area contributed by atoms with Gasteiger partial charge in [-0.3, -0.25) is 0 Å². The van der Waals surface area contributed by atoms with Crippen molar-refractivity contribution in [3.8, 4) is 0 Å². The number of hydrogen-bond acceptors (Lipinski definition) is 2. The molecule has 0 unspecified atom stereocenters. The third-order valence-corrected chi connectivity index (χ3v) is 2.46. The lowest BCUT2D eigenvalue weighted by atomic mass is 10.1. The minimum absolute atomic E-state index is 0.426. The van der Waals surface area contributed by atoms with Gasteiger partial charge in [-0.05, 0) is 33.1 Å². The van der Waals surface area contributed by atoms with Gasteiger partial charge in [-0.15, -0.1) is 5.10 Å². The van der Waals surface area contributed by atoms with Crippen LogP contribution in [0.25, 0.3) is 0 Å². The molecule has 0 atom stereocenters. The Balaban J connectivity index is 2.88. The van der Waals surface area contributed by atoms with Crippen LogP contribution in [0.1, 0.15) is 58.0 Å². The van der Waals surface area contributed by atoms with Gasteiger partial charge in [-0.1, -0.05) is 25.5 Å². The van der Waals surface area contributed by atoms with Crippen molar-refractivity contribution in [1.29, 1.82) is 0 Å². The van der Waals surface area contributed by atoms with Gasteiger partial charge >= 0.3 is 0 Å². The first-order chi connectivity index (χ1) is 6.70. The Morgan fingerprint density at radius 2 is 2.00 bits per heavy atom. The standard InChI is InChI=1S/C11H21N3/c1-5-7-8-11-10(6-2)12-13-14(11)9(3)4/h9H,5-8H2,1-4H3. The number of unbranched alkanes of at least 4 members (excludes halogenated alkanes) is 1. The maximum atomic E-state index is 4.22. The average molecular weight is 195 g/mol. The van der Waals surface area contributed by atoms with Gasteiger partial charge in [0.15, 0.2) is 0 Å². The van der Waals surface area contributed by atoms with Crippen LogP contribution in [0.3, 0.4) is 0 Å². The summed E-state index contributed by atoms with van der Waals surface area (Å²) >= 11 is 0. The van der Waals surface area contributed by atoms with E-state index in [0.29, 0.717) is 6.04 Å². The van der Waals surface area contributed by atoms with Crippen LogP contribution in [0.2, 0.25) is 0 Å². The first kappa shape index (κ1) is 11.2. The van der Waals surface area contributed by atoms with Crippen LogP contribution in [0, 0.1) is 0 Å². The Morgan fingerprint density at radius 1 is 1.29 bits per heavy atom. The zero-order chi connectivity index (χ0) is 10.6. The summed E-state index contributed by atoms with van der Waals surface area (Å²) < 4.78 is 2.06. The van der Waals surface area contributed by atoms with Gasteiger partial charge in [0.25, 0.3) is 0 Å². The summed E-state index contributed by atoms with van der Waals surface area (Å²) in [6, 6.07) is 0.426. The largest absolute Gasteiger partial charge is 0.247 e. The molecular weight excluding hydrogens is 174 g/mol. The fourth-order valence-corrected chi connectivity index (χ4v) is 1.64. The Labute approximate surface area is 86.5 Å². The smallest absolute Gasteiger partial charge is 0.0856 e. The molecule has 0 saturated heterocycles. The van der Waals surface area contributed by atoms with Crippen molar-refractivity contribution in [2.75, 3.05) is 0 Å². The van der Waals surface area contributed by atoms with E-state index in [0.717, 1.165) is 12.8 Å². The number of aromatic nitrogens is 3. The molecule has 0 amide bonds. The van der Waals surface area contributed by atoms with E-state index in [4.69, 9.17) is 0 Å². The van der Waals surface area contributed by atoms with E-state index in [1.807, 2.05) is 0 Å². The molecule has 0 aliphatic carbocycles. The van der Waals surface area contributed by atoms with Gasteiger partial charge < -0.3 is 0 Å². The van der Waals surface area contributed by atoms with Crippen LogP contribution in [-0.2, 0) is 12.8 Å². The zero-order valence-electron chi connectivity index (χ0n) is 9.75. The molecule has 1 aromatic rings. The average Bonchev–Trinajstić information content (AvgIpc) is 2.57. The van der Waals surface area contributed by atoms with Crippen molar-refractivity contribution in [1.82, 2.24) is 15.0 Å². The normalized spacial score (nSPS) is 11.2. The van der Waals surface area contributed by atoms with E-state index in [1.165, 1.54) is 24.2 Å². The maximum absolute atomic E-state index is 4.22. The van der Waals surface area contributed by atoms with Gasteiger partial charge in [0.05, 0.1) is 11.4 Å². The molecule has 80 valence electrons. The highest BCUT2D eigenvalue weighted by Gasteiger charge is 2.12. The quantitative estimate of drug-likeness (QED) is 0.723. The van der Waals surface area contributed by atoms with Gasteiger partial charge in [0, 0.05) is 6.04 Å². The third-order valence-electron chi connectivity index (χ3n) is 2.46. The van der Waals surface area contributed by atoms with Crippen LogP contribution in [0.5, 0.6) is 0 Å². The molecule has 0 fully saturated rings. The summed E-state index contributed by atoms with van der Waals surface area (Å²) in [4.78, 5) is 0. The second-order valence-electron chi connectivity index (χ2n) is 3.98. The van der Waals surface area contributed by atoms with E-state index in [2.05, 4.69) is 42.7 Å². The summed E-state index contributed by atoms with van der Waals surface area (Å²) in [6.07, 6.45) is 4.57. The van der Waals surface area contributed by atoms with Gasteiger partial charge in [0.2, 0.25) is 0 Å². The topological polar surface area (TPSA) is 30.7 Å². The Morgan fingerprint density at radius 3 is 2.50 bits per heavy atom. The van der Waals surface area contributed by atoms with Crippen LogP contribution < -0.4 is 0 Å². The predicted molar refractivity (Wildman–Crippen MR) is 58.4 cm³/mol. The predicted octanol–water partition coefficient (Wildman–Crippen LogP) is 2.76. The maximum Gasteiger partial charge on any atom is 0.0856 e. The highest BCUT2D eigenvalue weighted by atomic mass is 15.4. The van der Waals surface area contributed by atoms with E-state index in [1.54, 1.807) is 0 Å². The molecule has 0 radical (unpaired) electrons. The van der Waals surface area contributed by atoms with Crippen molar-refractivity contribution < 1.29 is 0 Å². The first-order valence-corrected chi connectivity index (χ1v) is 5.63. The lowest BCUT2D eigenvalue weighted by molar-refractivity contribution is 0.490. The molecule has 3 heteroatoms. The molecule has 1 rings (SSSR count). The zero-order valence-corrected chi connectivity index (χ0v) is 9.75. The van der Waals surface area contributed by atoms with Crippen LogP contribution in [0.4, 0.5) is 0 Å². The second-order valence-corrected chi connectivity index (χ2v) is 3.98. The lowest BCUT2D eigenvalue weighted by Crippen LogP contribution is -2.08. The van der Waals surface area contributed by atoms with E-state index in [9.17, 15) is 0 Å². The van der Waals surface area contributed by atoms with Gasteiger partial charge in [-0.2, -0.15) is 0 Å². The van der Waals surface area contributed by atoms with E-state index in [-0.39, 0.29) is 0 Å². The molecule has 1 aromatic heterocycles. The van der Waals surface area contributed by atoms with Crippen molar-refractivity contribution in [3.05, 3.63) is 11.4 Å². The molecular formula is C11H21N3. The SMILES string of the molecule is CCCCc1c(CC)nnn1C(C)C. The Hall–Kier alpha value is -0.860. The van der Waals surface area contributed by atoms with Crippen molar-refractivity contribution in [3.63, 3.8) is 0 Å². The number of hydrogen-bond donors (Lipinski definition) is 0. The van der Waals surface area contributed by atoms with Crippen LogP contribution in [-0.4, -0.2) is 15.0 Å². The summed E-state index contributed by atoms with van der Waals surface area (Å²) in [5.41, 5.74) is 2.51. The Kier molecular flexibility index (Phi) is 4.11. The molecule has 1 heterocycles. The number of nitrogens with zero attached hydrogens (tertiary/aromatic N) is 3. The minimum atomic E-state index is 0.426. The lowest BCUT2D eigenvalue weighted by Gasteiger charge is -2.09. The summed E-state index contributed by atoms with van der Waals surface area (Å²) in [5, 5.41) is 8.43.